The van der Waals surface area contributed by atoms with Crippen LogP contribution in [0.3, 0.4) is 0 Å². The summed E-state index contributed by atoms with van der Waals surface area (Å²) < 4.78 is 24.2. The molecule has 2 saturated heterocycles. The zero-order valence-corrected chi connectivity index (χ0v) is 25.2. The van der Waals surface area contributed by atoms with Crippen LogP contribution in [-0.4, -0.2) is 120 Å². The smallest absolute Gasteiger partial charge is 0.407 e. The lowest BCUT2D eigenvalue weighted by atomic mass is 9.91. The quantitative estimate of drug-likeness (QED) is 0.493. The zero-order chi connectivity index (χ0) is 30.9. The Kier molecular flexibility index (Phi) is 9.00. The molecule has 43 heavy (non-hydrogen) atoms. The summed E-state index contributed by atoms with van der Waals surface area (Å²) in [7, 11) is 1.57. The van der Waals surface area contributed by atoms with Gasteiger partial charge in [0.05, 0.1) is 30.6 Å². The minimum atomic E-state index is -1.02. The van der Waals surface area contributed by atoms with Crippen LogP contribution in [0, 0.1) is 5.82 Å². The van der Waals surface area contributed by atoms with Crippen molar-refractivity contribution in [3.05, 3.63) is 59.2 Å². The Hall–Kier alpha value is -3.61. The Morgan fingerprint density at radius 3 is 2.60 bits per heavy atom. The summed E-state index contributed by atoms with van der Waals surface area (Å²) in [5.74, 6) is -0.577. The second-order valence-corrected chi connectivity index (χ2v) is 12.4. The van der Waals surface area contributed by atoms with E-state index < -0.39 is 6.09 Å². The number of aromatic nitrogens is 1. The Morgan fingerprint density at radius 1 is 1.16 bits per heavy atom. The van der Waals surface area contributed by atoms with Crippen molar-refractivity contribution >= 4 is 23.6 Å². The number of nitrogens with zero attached hydrogens (tertiary/aromatic N) is 5. The summed E-state index contributed by atoms with van der Waals surface area (Å²) in [6, 6.07) is 7.63. The summed E-state index contributed by atoms with van der Waals surface area (Å²) in [4.78, 5) is 50.3. The van der Waals surface area contributed by atoms with Crippen LogP contribution in [0.15, 0.2) is 36.5 Å². The van der Waals surface area contributed by atoms with E-state index in [9.17, 15) is 23.9 Å². The van der Waals surface area contributed by atoms with Crippen LogP contribution in [0.5, 0.6) is 0 Å². The van der Waals surface area contributed by atoms with Gasteiger partial charge in [-0.2, -0.15) is 0 Å². The number of ether oxygens (including phenoxy) is 2. The molecular weight excluding hydrogens is 557 g/mol. The molecule has 0 unspecified atom stereocenters. The number of carboxylic acid groups (broad SMARTS) is 1. The number of hydrogen-bond donors (Lipinski definition) is 1. The average molecular weight is 598 g/mol. The first-order valence-electron chi connectivity index (χ1n) is 14.6. The standard InChI is InChI=1S/C31H40FN5O6/c1-20-12-34(24(14-36(20)30(40)41)13-35-15-25(17-42-4)43-18-28(35)39)16-27(38)37-19-31(2,3)29-26(37)10-22(11-33-29)9-21-5-7-23(32)8-6-21/h5-8,10-11,20,24-25H,9,12-19H2,1-4H3,(H,40,41)/t20-,24+,25+/m1/s1. The Balaban J connectivity index is 1.35. The molecule has 0 radical (unpaired) electrons. The molecule has 232 valence electrons. The number of anilines is 1. The van der Waals surface area contributed by atoms with E-state index in [2.05, 4.69) is 13.8 Å². The number of benzene rings is 1. The van der Waals surface area contributed by atoms with E-state index in [-0.39, 0.29) is 67.5 Å². The van der Waals surface area contributed by atoms with Crippen LogP contribution < -0.4 is 4.90 Å². The van der Waals surface area contributed by atoms with Gasteiger partial charge in [0.2, 0.25) is 11.8 Å². The first-order chi connectivity index (χ1) is 20.4. The highest BCUT2D eigenvalue weighted by Gasteiger charge is 2.42. The Morgan fingerprint density at radius 2 is 1.91 bits per heavy atom. The summed E-state index contributed by atoms with van der Waals surface area (Å²) in [5, 5.41) is 9.84. The molecule has 11 nitrogen and oxygen atoms in total. The number of carbonyl (C=O) groups is 3. The first-order valence-corrected chi connectivity index (χ1v) is 14.6. The molecule has 2 fully saturated rings. The van der Waals surface area contributed by atoms with Crippen molar-refractivity contribution in [1.82, 2.24) is 19.7 Å². The molecular formula is C31H40FN5O6. The molecule has 3 atom stereocenters. The minimum Gasteiger partial charge on any atom is -0.465 e. The average Bonchev–Trinajstić information content (AvgIpc) is 3.23. The van der Waals surface area contributed by atoms with E-state index in [0.717, 1.165) is 22.5 Å². The lowest BCUT2D eigenvalue weighted by Crippen LogP contribution is -2.64. The molecule has 12 heteroatoms. The number of hydrogen-bond acceptors (Lipinski definition) is 7. The molecule has 3 amide bonds. The number of carbonyl (C=O) groups excluding carboxylic acids is 2. The van der Waals surface area contributed by atoms with Crippen LogP contribution in [-0.2, 0) is 30.9 Å². The second kappa shape index (κ2) is 12.6. The third kappa shape index (κ3) is 6.81. The number of pyridine rings is 1. The SMILES string of the molecule is COC[C@@H]1CN(C[C@H]2CN(C(=O)O)[C@H](C)CN2CC(=O)N2CC(C)(C)c3ncc(Cc4ccc(F)cc4)cc32)C(=O)CO1. The van der Waals surface area contributed by atoms with Gasteiger partial charge in [-0.1, -0.05) is 26.0 Å². The van der Waals surface area contributed by atoms with Crippen molar-refractivity contribution in [3.63, 3.8) is 0 Å². The van der Waals surface area contributed by atoms with Gasteiger partial charge in [-0.15, -0.1) is 0 Å². The largest absolute Gasteiger partial charge is 0.465 e. The van der Waals surface area contributed by atoms with Gasteiger partial charge in [0.1, 0.15) is 12.4 Å². The number of piperazine rings is 1. The fraction of sp³-hybridized carbons (Fsp3) is 0.548. The van der Waals surface area contributed by atoms with E-state index in [1.807, 2.05) is 24.1 Å². The molecule has 0 spiro atoms. The fourth-order valence-electron chi connectivity index (χ4n) is 6.33. The van der Waals surface area contributed by atoms with Crippen LogP contribution in [0.25, 0.3) is 0 Å². The molecule has 2 aromatic rings. The highest BCUT2D eigenvalue weighted by atomic mass is 19.1. The summed E-state index contributed by atoms with van der Waals surface area (Å²) in [6.45, 7) is 7.90. The lowest BCUT2D eigenvalue weighted by Gasteiger charge is -2.46. The first kappa shape index (κ1) is 30.8. The zero-order valence-electron chi connectivity index (χ0n) is 25.2. The number of halogens is 1. The number of methoxy groups -OCH3 is 1. The van der Waals surface area contributed by atoms with Crippen LogP contribution in [0.2, 0.25) is 0 Å². The van der Waals surface area contributed by atoms with E-state index in [1.54, 1.807) is 29.0 Å². The second-order valence-electron chi connectivity index (χ2n) is 12.4. The molecule has 1 aromatic carbocycles. The number of morpholine rings is 1. The molecule has 4 heterocycles. The normalized spacial score (nSPS) is 23.9. The summed E-state index contributed by atoms with van der Waals surface area (Å²) in [6.07, 6.45) is 1.08. The molecule has 0 saturated carbocycles. The predicted octanol–water partition coefficient (Wildman–Crippen LogP) is 2.36. The van der Waals surface area contributed by atoms with Crippen molar-refractivity contribution in [2.75, 3.05) is 64.5 Å². The van der Waals surface area contributed by atoms with E-state index in [4.69, 9.17) is 14.5 Å². The van der Waals surface area contributed by atoms with Crippen LogP contribution in [0.4, 0.5) is 14.9 Å². The van der Waals surface area contributed by atoms with Gasteiger partial charge in [0.25, 0.3) is 0 Å². The fourth-order valence-corrected chi connectivity index (χ4v) is 6.33. The van der Waals surface area contributed by atoms with Crippen LogP contribution in [0.1, 0.15) is 37.6 Å². The molecule has 1 aromatic heterocycles. The minimum absolute atomic E-state index is 0.0639. The molecule has 3 aliphatic rings. The molecule has 5 rings (SSSR count). The van der Waals surface area contributed by atoms with Crippen molar-refractivity contribution in [3.8, 4) is 0 Å². The topological polar surface area (TPSA) is 116 Å². The molecule has 1 N–H and O–H groups in total. The van der Waals surface area contributed by atoms with Gasteiger partial charge >= 0.3 is 6.09 Å². The maximum Gasteiger partial charge on any atom is 0.407 e. The van der Waals surface area contributed by atoms with Crippen molar-refractivity contribution < 1.29 is 33.4 Å². The third-order valence-electron chi connectivity index (χ3n) is 8.57. The summed E-state index contributed by atoms with van der Waals surface area (Å²) in [5.41, 5.74) is 3.10. The van der Waals surface area contributed by atoms with E-state index in [0.29, 0.717) is 32.7 Å². The van der Waals surface area contributed by atoms with Gasteiger partial charge in [-0.3, -0.25) is 19.5 Å². The number of rotatable bonds is 8. The van der Waals surface area contributed by atoms with Crippen molar-refractivity contribution in [2.45, 2.75) is 50.8 Å². The van der Waals surface area contributed by atoms with Gasteiger partial charge < -0.3 is 29.3 Å². The highest BCUT2D eigenvalue weighted by molar-refractivity contribution is 5.97. The highest BCUT2D eigenvalue weighted by Crippen LogP contribution is 2.40. The Labute approximate surface area is 251 Å². The van der Waals surface area contributed by atoms with Gasteiger partial charge in [0.15, 0.2) is 0 Å². The molecule has 0 bridgehead atoms. The van der Waals surface area contributed by atoms with Crippen LogP contribution >= 0.6 is 0 Å². The maximum absolute atomic E-state index is 14.0. The van der Waals surface area contributed by atoms with Crippen molar-refractivity contribution in [2.24, 2.45) is 0 Å². The monoisotopic (exact) mass is 597 g/mol. The molecule has 3 aliphatic heterocycles. The van der Waals surface area contributed by atoms with E-state index in [1.165, 1.54) is 17.0 Å². The number of amides is 3. The van der Waals surface area contributed by atoms with Crippen molar-refractivity contribution in [1.29, 1.82) is 0 Å². The molecule has 0 aliphatic carbocycles. The Bertz CT molecular complexity index is 1350. The maximum atomic E-state index is 14.0. The predicted molar refractivity (Wildman–Crippen MR) is 157 cm³/mol. The van der Waals surface area contributed by atoms with Gasteiger partial charge in [0, 0.05) is 63.5 Å². The third-order valence-corrected chi connectivity index (χ3v) is 8.57. The lowest BCUT2D eigenvalue weighted by molar-refractivity contribution is -0.153. The number of fused-ring (bicyclic) bond motifs is 1. The van der Waals surface area contributed by atoms with E-state index >= 15 is 0 Å². The van der Waals surface area contributed by atoms with Gasteiger partial charge in [-0.05, 0) is 42.7 Å². The summed E-state index contributed by atoms with van der Waals surface area (Å²) >= 11 is 0. The van der Waals surface area contributed by atoms with Gasteiger partial charge in [-0.25, -0.2) is 9.18 Å².